The van der Waals surface area contributed by atoms with Crippen molar-refractivity contribution in [2.45, 2.75) is 20.0 Å². The van der Waals surface area contributed by atoms with Gasteiger partial charge < -0.3 is 10.4 Å². The van der Waals surface area contributed by atoms with Gasteiger partial charge in [0.05, 0.1) is 5.69 Å². The van der Waals surface area contributed by atoms with Gasteiger partial charge in [-0.1, -0.05) is 18.2 Å². The number of hydrogen-bond acceptors (Lipinski definition) is 4. The lowest BCUT2D eigenvalue weighted by molar-refractivity contribution is 0.464. The Labute approximate surface area is 116 Å². The van der Waals surface area contributed by atoms with Crippen molar-refractivity contribution in [1.82, 2.24) is 19.9 Å². The second-order valence-electron chi connectivity index (χ2n) is 4.78. The third-order valence-corrected chi connectivity index (χ3v) is 3.13. The van der Waals surface area contributed by atoms with Crippen molar-refractivity contribution in [2.24, 2.45) is 0 Å². The van der Waals surface area contributed by atoms with Gasteiger partial charge in [0.1, 0.15) is 5.75 Å². The van der Waals surface area contributed by atoms with Gasteiger partial charge in [0.25, 0.3) is 0 Å². The summed E-state index contributed by atoms with van der Waals surface area (Å²) in [5.74, 6) is 0.316. The zero-order valence-electron chi connectivity index (χ0n) is 11.2. The summed E-state index contributed by atoms with van der Waals surface area (Å²) in [6, 6.07) is 9.27. The predicted octanol–water partition coefficient (Wildman–Crippen LogP) is 2.03. The molecule has 3 rings (SSSR count). The molecule has 0 aliphatic carbocycles. The number of nitrogens with one attached hydrogen (secondary N) is 1. The van der Waals surface area contributed by atoms with Gasteiger partial charge in [-0.25, -0.2) is 9.50 Å². The third kappa shape index (κ3) is 2.62. The fraction of sp³-hybridized carbons (Fsp3) is 0.200. The van der Waals surface area contributed by atoms with Crippen LogP contribution in [0.15, 0.2) is 42.7 Å². The number of aromatic hydroxyl groups is 1. The van der Waals surface area contributed by atoms with Gasteiger partial charge in [0, 0.05) is 42.7 Å². The molecule has 0 bridgehead atoms. The highest BCUT2D eigenvalue weighted by molar-refractivity contribution is 5.39. The minimum atomic E-state index is 0.316. The van der Waals surface area contributed by atoms with Gasteiger partial charge in [-0.3, -0.25) is 0 Å². The molecule has 5 heteroatoms. The van der Waals surface area contributed by atoms with Crippen LogP contribution in [0.25, 0.3) is 5.65 Å². The van der Waals surface area contributed by atoms with Crippen LogP contribution in [0.5, 0.6) is 5.75 Å². The van der Waals surface area contributed by atoms with E-state index in [0.29, 0.717) is 18.8 Å². The van der Waals surface area contributed by atoms with E-state index in [0.717, 1.165) is 22.5 Å². The first-order valence-electron chi connectivity index (χ1n) is 6.51. The summed E-state index contributed by atoms with van der Waals surface area (Å²) in [7, 11) is 0. The number of nitrogens with zero attached hydrogens (tertiary/aromatic N) is 3. The average molecular weight is 268 g/mol. The van der Waals surface area contributed by atoms with Crippen molar-refractivity contribution in [3.8, 4) is 5.75 Å². The molecule has 0 spiro atoms. The fourth-order valence-electron chi connectivity index (χ4n) is 2.13. The lowest BCUT2D eigenvalue weighted by atomic mass is 10.2. The smallest absolute Gasteiger partial charge is 0.155 e. The van der Waals surface area contributed by atoms with Gasteiger partial charge in [-0.2, -0.15) is 5.10 Å². The minimum Gasteiger partial charge on any atom is -0.508 e. The van der Waals surface area contributed by atoms with Crippen molar-refractivity contribution in [3.63, 3.8) is 0 Å². The van der Waals surface area contributed by atoms with Gasteiger partial charge in [-0.15, -0.1) is 0 Å². The van der Waals surface area contributed by atoms with E-state index in [1.54, 1.807) is 10.6 Å². The summed E-state index contributed by atoms with van der Waals surface area (Å²) >= 11 is 0. The molecule has 2 heterocycles. The zero-order valence-corrected chi connectivity index (χ0v) is 11.2. The van der Waals surface area contributed by atoms with Gasteiger partial charge >= 0.3 is 0 Å². The summed E-state index contributed by atoms with van der Waals surface area (Å²) in [4.78, 5) is 4.36. The maximum atomic E-state index is 9.69. The largest absolute Gasteiger partial charge is 0.508 e. The van der Waals surface area contributed by atoms with Crippen LogP contribution in [0.2, 0.25) is 0 Å². The number of benzene rings is 1. The lowest BCUT2D eigenvalue weighted by Gasteiger charge is -2.06. The highest BCUT2D eigenvalue weighted by atomic mass is 16.3. The monoisotopic (exact) mass is 268 g/mol. The number of rotatable bonds is 4. The number of aryl methyl sites for hydroxylation is 1. The maximum Gasteiger partial charge on any atom is 0.155 e. The Morgan fingerprint density at radius 3 is 2.95 bits per heavy atom. The SMILES string of the molecule is Cc1cc2ncc(CNCc3ccccc3O)cn2n1. The van der Waals surface area contributed by atoms with Crippen LogP contribution in [0.1, 0.15) is 16.8 Å². The van der Waals surface area contributed by atoms with E-state index in [-0.39, 0.29) is 0 Å². The fourth-order valence-corrected chi connectivity index (χ4v) is 2.13. The Kier molecular flexibility index (Phi) is 3.35. The molecule has 0 amide bonds. The Morgan fingerprint density at radius 1 is 1.25 bits per heavy atom. The van der Waals surface area contributed by atoms with Crippen LogP contribution < -0.4 is 5.32 Å². The molecule has 102 valence electrons. The first kappa shape index (κ1) is 12.6. The Morgan fingerprint density at radius 2 is 2.10 bits per heavy atom. The molecule has 1 aromatic carbocycles. The Hall–Kier alpha value is -2.40. The molecule has 0 saturated heterocycles. The second kappa shape index (κ2) is 5.30. The van der Waals surface area contributed by atoms with Crippen LogP contribution in [-0.4, -0.2) is 19.7 Å². The molecule has 5 nitrogen and oxygen atoms in total. The predicted molar refractivity (Wildman–Crippen MR) is 76.4 cm³/mol. The molecule has 2 N–H and O–H groups in total. The Bertz CT molecular complexity index is 736. The normalized spacial score (nSPS) is 11.1. The highest BCUT2D eigenvalue weighted by Gasteiger charge is 2.02. The summed E-state index contributed by atoms with van der Waals surface area (Å²) in [5, 5.41) is 17.3. The van der Waals surface area contributed by atoms with Crippen molar-refractivity contribution < 1.29 is 5.11 Å². The molecular formula is C15H16N4O. The van der Waals surface area contributed by atoms with Crippen molar-refractivity contribution in [2.75, 3.05) is 0 Å². The average Bonchev–Trinajstić information content (AvgIpc) is 2.80. The van der Waals surface area contributed by atoms with Crippen LogP contribution >= 0.6 is 0 Å². The standard InChI is InChI=1S/C15H16N4O/c1-11-6-15-17-8-12(10-19(15)18-11)7-16-9-13-4-2-3-5-14(13)20/h2-6,8,10,16,20H,7,9H2,1H3. The van der Waals surface area contributed by atoms with Crippen LogP contribution in [-0.2, 0) is 13.1 Å². The van der Waals surface area contributed by atoms with E-state index < -0.39 is 0 Å². The van der Waals surface area contributed by atoms with Crippen LogP contribution in [0.3, 0.4) is 0 Å². The number of aromatic nitrogens is 3. The minimum absolute atomic E-state index is 0.316. The summed E-state index contributed by atoms with van der Waals surface area (Å²) in [5.41, 5.74) is 3.75. The van der Waals surface area contributed by atoms with Crippen molar-refractivity contribution >= 4 is 5.65 Å². The van der Waals surface area contributed by atoms with E-state index in [2.05, 4.69) is 15.4 Å². The number of fused-ring (bicyclic) bond motifs is 1. The molecule has 0 atom stereocenters. The number of phenols is 1. The van der Waals surface area contributed by atoms with E-state index in [1.807, 2.05) is 43.6 Å². The van der Waals surface area contributed by atoms with Gasteiger partial charge in [0.2, 0.25) is 0 Å². The van der Waals surface area contributed by atoms with E-state index in [1.165, 1.54) is 0 Å². The van der Waals surface area contributed by atoms with Crippen molar-refractivity contribution in [3.05, 3.63) is 59.5 Å². The molecule has 0 fully saturated rings. The molecule has 0 saturated carbocycles. The maximum absolute atomic E-state index is 9.69. The van der Waals surface area contributed by atoms with Crippen LogP contribution in [0.4, 0.5) is 0 Å². The molecule has 0 radical (unpaired) electrons. The molecule has 0 aliphatic rings. The molecular weight excluding hydrogens is 252 g/mol. The molecule has 20 heavy (non-hydrogen) atoms. The summed E-state index contributed by atoms with van der Waals surface area (Å²) in [6.07, 6.45) is 3.81. The van der Waals surface area contributed by atoms with Gasteiger partial charge in [0.15, 0.2) is 5.65 Å². The Balaban J connectivity index is 1.66. The number of phenolic OH excluding ortho intramolecular Hbond substituents is 1. The van der Waals surface area contributed by atoms with E-state index >= 15 is 0 Å². The van der Waals surface area contributed by atoms with E-state index in [9.17, 15) is 5.11 Å². The van der Waals surface area contributed by atoms with E-state index in [4.69, 9.17) is 0 Å². The third-order valence-electron chi connectivity index (χ3n) is 3.13. The number of para-hydroxylation sites is 1. The summed E-state index contributed by atoms with van der Waals surface area (Å²) in [6.45, 7) is 3.24. The molecule has 0 unspecified atom stereocenters. The summed E-state index contributed by atoms with van der Waals surface area (Å²) < 4.78 is 1.78. The number of hydrogen-bond donors (Lipinski definition) is 2. The van der Waals surface area contributed by atoms with Crippen LogP contribution in [0, 0.1) is 6.92 Å². The van der Waals surface area contributed by atoms with Gasteiger partial charge in [-0.05, 0) is 13.0 Å². The molecule has 2 aromatic heterocycles. The topological polar surface area (TPSA) is 62.5 Å². The van der Waals surface area contributed by atoms with Crippen molar-refractivity contribution in [1.29, 1.82) is 0 Å². The molecule has 0 aliphatic heterocycles. The highest BCUT2D eigenvalue weighted by Crippen LogP contribution is 2.15. The first-order chi connectivity index (χ1) is 9.72. The molecule has 3 aromatic rings. The quantitative estimate of drug-likeness (QED) is 0.760. The lowest BCUT2D eigenvalue weighted by Crippen LogP contribution is -2.13. The second-order valence-corrected chi connectivity index (χ2v) is 4.78. The zero-order chi connectivity index (χ0) is 13.9. The first-order valence-corrected chi connectivity index (χ1v) is 6.51.